The lowest BCUT2D eigenvalue weighted by molar-refractivity contribution is 0.260. The molecular formula is C8H12O2. The molecule has 1 rings (SSSR count). The summed E-state index contributed by atoms with van der Waals surface area (Å²) in [6.07, 6.45) is 7.67. The molecule has 0 spiro atoms. The van der Waals surface area contributed by atoms with Crippen molar-refractivity contribution in [1.82, 2.24) is 0 Å². The van der Waals surface area contributed by atoms with Crippen LogP contribution in [0, 0.1) is 11.8 Å². The number of aliphatic hydroxyl groups is 2. The Bertz CT molecular complexity index is 119. The molecule has 0 aromatic carbocycles. The zero-order valence-electron chi connectivity index (χ0n) is 5.77. The molecule has 0 heterocycles. The molecule has 10 heavy (non-hydrogen) atoms. The predicted octanol–water partition coefficient (Wildman–Crippen LogP) is 0.329. The fourth-order valence-electron chi connectivity index (χ4n) is 0.943. The highest BCUT2D eigenvalue weighted by Gasteiger charge is 2.06. The molecule has 0 amide bonds. The normalized spacial score (nSPS) is 31.0. The van der Waals surface area contributed by atoms with E-state index in [0.717, 1.165) is 0 Å². The van der Waals surface area contributed by atoms with E-state index in [2.05, 4.69) is 0 Å². The lowest BCUT2D eigenvalue weighted by Gasteiger charge is -2.11. The van der Waals surface area contributed by atoms with Gasteiger partial charge in [-0.2, -0.15) is 0 Å². The summed E-state index contributed by atoms with van der Waals surface area (Å²) in [4.78, 5) is 0. The summed E-state index contributed by atoms with van der Waals surface area (Å²) in [5, 5.41) is 17.4. The second-order valence-electron chi connectivity index (χ2n) is 2.46. The fraction of sp³-hybridized carbons (Fsp3) is 0.500. The molecule has 2 heteroatoms. The Morgan fingerprint density at radius 2 is 1.10 bits per heavy atom. The monoisotopic (exact) mass is 140 g/mol. The van der Waals surface area contributed by atoms with E-state index >= 15 is 0 Å². The second kappa shape index (κ2) is 3.54. The Morgan fingerprint density at radius 1 is 0.800 bits per heavy atom. The summed E-state index contributed by atoms with van der Waals surface area (Å²) >= 11 is 0. The van der Waals surface area contributed by atoms with Crippen molar-refractivity contribution in [2.45, 2.75) is 0 Å². The summed E-state index contributed by atoms with van der Waals surface area (Å²) in [7, 11) is 0. The first kappa shape index (κ1) is 7.51. The Kier molecular flexibility index (Phi) is 2.66. The van der Waals surface area contributed by atoms with E-state index in [0.29, 0.717) is 0 Å². The fourth-order valence-corrected chi connectivity index (χ4v) is 0.943. The summed E-state index contributed by atoms with van der Waals surface area (Å²) in [6, 6.07) is 0. The van der Waals surface area contributed by atoms with Crippen LogP contribution in [0.3, 0.4) is 0 Å². The van der Waals surface area contributed by atoms with Crippen molar-refractivity contribution >= 4 is 0 Å². The van der Waals surface area contributed by atoms with Crippen LogP contribution in [0.5, 0.6) is 0 Å². The molecule has 0 saturated carbocycles. The van der Waals surface area contributed by atoms with Gasteiger partial charge in [0.05, 0.1) is 13.2 Å². The standard InChI is InChI=1S/C8H12O2/c9-5-7-1-2-8(6-10)4-3-7/h1-4,7-10H,5-6H2. The van der Waals surface area contributed by atoms with Gasteiger partial charge < -0.3 is 10.2 Å². The highest BCUT2D eigenvalue weighted by molar-refractivity contribution is 5.13. The van der Waals surface area contributed by atoms with Gasteiger partial charge >= 0.3 is 0 Å². The lowest BCUT2D eigenvalue weighted by Crippen LogP contribution is -2.07. The van der Waals surface area contributed by atoms with E-state index in [1.165, 1.54) is 0 Å². The molecule has 56 valence electrons. The van der Waals surface area contributed by atoms with Crippen molar-refractivity contribution in [3.8, 4) is 0 Å². The van der Waals surface area contributed by atoms with Crippen molar-refractivity contribution in [3.63, 3.8) is 0 Å². The molecule has 0 saturated heterocycles. The van der Waals surface area contributed by atoms with E-state index in [1.54, 1.807) is 0 Å². The summed E-state index contributed by atoms with van der Waals surface area (Å²) in [6.45, 7) is 0.316. The van der Waals surface area contributed by atoms with Gasteiger partial charge in [0.25, 0.3) is 0 Å². The minimum atomic E-state index is 0.155. The average Bonchev–Trinajstić information content (AvgIpc) is 2.05. The van der Waals surface area contributed by atoms with Crippen molar-refractivity contribution < 1.29 is 10.2 Å². The van der Waals surface area contributed by atoms with E-state index in [-0.39, 0.29) is 25.0 Å². The minimum Gasteiger partial charge on any atom is -0.395 e. The van der Waals surface area contributed by atoms with E-state index in [1.807, 2.05) is 24.3 Å². The Morgan fingerprint density at radius 3 is 1.30 bits per heavy atom. The van der Waals surface area contributed by atoms with E-state index in [9.17, 15) is 0 Å². The molecule has 0 unspecified atom stereocenters. The second-order valence-corrected chi connectivity index (χ2v) is 2.46. The van der Waals surface area contributed by atoms with Gasteiger partial charge in [0.2, 0.25) is 0 Å². The maximum absolute atomic E-state index is 8.68. The summed E-state index contributed by atoms with van der Waals surface area (Å²) in [5.41, 5.74) is 0. The SMILES string of the molecule is OCC1C=CC(CO)C=C1. The predicted molar refractivity (Wildman–Crippen MR) is 39.4 cm³/mol. The summed E-state index contributed by atoms with van der Waals surface area (Å²) < 4.78 is 0. The Labute approximate surface area is 60.5 Å². The number of hydrogen-bond donors (Lipinski definition) is 2. The van der Waals surface area contributed by atoms with Crippen molar-refractivity contribution in [1.29, 1.82) is 0 Å². The molecule has 0 fully saturated rings. The quantitative estimate of drug-likeness (QED) is 0.543. The molecule has 0 aromatic rings. The molecule has 0 radical (unpaired) electrons. The maximum atomic E-state index is 8.68. The van der Waals surface area contributed by atoms with Gasteiger partial charge in [-0.1, -0.05) is 24.3 Å². The highest BCUT2D eigenvalue weighted by Crippen LogP contribution is 2.12. The number of hydrogen-bond acceptors (Lipinski definition) is 2. The van der Waals surface area contributed by atoms with Gasteiger partial charge in [-0.3, -0.25) is 0 Å². The molecular weight excluding hydrogens is 128 g/mol. The van der Waals surface area contributed by atoms with Crippen molar-refractivity contribution in [3.05, 3.63) is 24.3 Å². The van der Waals surface area contributed by atoms with Gasteiger partial charge in [-0.25, -0.2) is 0 Å². The van der Waals surface area contributed by atoms with Crippen LogP contribution in [-0.4, -0.2) is 23.4 Å². The van der Waals surface area contributed by atoms with Crippen LogP contribution in [0.25, 0.3) is 0 Å². The van der Waals surface area contributed by atoms with E-state index in [4.69, 9.17) is 10.2 Å². The number of aliphatic hydroxyl groups excluding tert-OH is 2. The topological polar surface area (TPSA) is 40.5 Å². The molecule has 1 aliphatic rings. The molecule has 0 aromatic heterocycles. The smallest absolute Gasteiger partial charge is 0.0528 e. The van der Waals surface area contributed by atoms with Crippen LogP contribution in [0.1, 0.15) is 0 Å². The third-order valence-electron chi connectivity index (χ3n) is 1.63. The third kappa shape index (κ3) is 1.69. The molecule has 2 nitrogen and oxygen atoms in total. The van der Waals surface area contributed by atoms with Crippen LogP contribution >= 0.6 is 0 Å². The van der Waals surface area contributed by atoms with Crippen LogP contribution in [0.15, 0.2) is 24.3 Å². The maximum Gasteiger partial charge on any atom is 0.0528 e. The molecule has 0 atom stereocenters. The zero-order chi connectivity index (χ0) is 7.40. The Balaban J connectivity index is 2.45. The van der Waals surface area contributed by atoms with Crippen LogP contribution in [-0.2, 0) is 0 Å². The average molecular weight is 140 g/mol. The van der Waals surface area contributed by atoms with Crippen LogP contribution in [0.4, 0.5) is 0 Å². The highest BCUT2D eigenvalue weighted by atomic mass is 16.3. The van der Waals surface area contributed by atoms with Gasteiger partial charge in [0.1, 0.15) is 0 Å². The van der Waals surface area contributed by atoms with Crippen LogP contribution < -0.4 is 0 Å². The first-order chi connectivity index (χ1) is 4.86. The molecule has 0 aliphatic heterocycles. The van der Waals surface area contributed by atoms with Gasteiger partial charge in [-0.15, -0.1) is 0 Å². The first-order valence-corrected chi connectivity index (χ1v) is 3.45. The number of rotatable bonds is 2. The first-order valence-electron chi connectivity index (χ1n) is 3.45. The molecule has 0 bridgehead atoms. The van der Waals surface area contributed by atoms with Crippen molar-refractivity contribution in [2.75, 3.05) is 13.2 Å². The third-order valence-corrected chi connectivity index (χ3v) is 1.63. The van der Waals surface area contributed by atoms with Crippen molar-refractivity contribution in [2.24, 2.45) is 11.8 Å². The van der Waals surface area contributed by atoms with Gasteiger partial charge in [0, 0.05) is 11.8 Å². The zero-order valence-corrected chi connectivity index (χ0v) is 5.77. The van der Waals surface area contributed by atoms with Gasteiger partial charge in [0.15, 0.2) is 0 Å². The van der Waals surface area contributed by atoms with E-state index < -0.39 is 0 Å². The minimum absolute atomic E-state index is 0.155. The van der Waals surface area contributed by atoms with Crippen LogP contribution in [0.2, 0.25) is 0 Å². The van der Waals surface area contributed by atoms with Gasteiger partial charge in [-0.05, 0) is 0 Å². The summed E-state index contributed by atoms with van der Waals surface area (Å²) in [5.74, 6) is 0.311. The molecule has 2 N–H and O–H groups in total. The molecule has 1 aliphatic carbocycles. The lowest BCUT2D eigenvalue weighted by atomic mass is 9.97. The Hall–Kier alpha value is -0.600. The largest absolute Gasteiger partial charge is 0.395 e.